The van der Waals surface area contributed by atoms with E-state index in [1.54, 1.807) is 32.0 Å². The molecule has 2 heterocycles. The Labute approximate surface area is 226 Å². The van der Waals surface area contributed by atoms with E-state index in [1.807, 2.05) is 0 Å². The zero-order valence-corrected chi connectivity index (χ0v) is 22.2. The molecule has 0 radical (unpaired) electrons. The summed E-state index contributed by atoms with van der Waals surface area (Å²) in [7, 11) is 0. The predicted octanol–water partition coefficient (Wildman–Crippen LogP) is 3.26. The third-order valence-electron chi connectivity index (χ3n) is 7.29. The number of hydrogen-bond donors (Lipinski definition) is 2. The lowest BCUT2D eigenvalue weighted by molar-refractivity contribution is -0.121. The molecule has 0 bridgehead atoms. The van der Waals surface area contributed by atoms with Gasteiger partial charge in [-0.25, -0.2) is 8.78 Å². The second-order valence-electron chi connectivity index (χ2n) is 11.0. The zero-order valence-electron chi connectivity index (χ0n) is 22.2. The van der Waals surface area contributed by atoms with Gasteiger partial charge in [0, 0.05) is 19.5 Å². The molecule has 4 rings (SSSR count). The summed E-state index contributed by atoms with van der Waals surface area (Å²) >= 11 is 0. The first-order chi connectivity index (χ1) is 18.5. The van der Waals surface area contributed by atoms with Crippen molar-refractivity contribution >= 4 is 11.8 Å². The Morgan fingerprint density at radius 3 is 2.59 bits per heavy atom. The van der Waals surface area contributed by atoms with Crippen molar-refractivity contribution in [3.8, 4) is 22.9 Å². The van der Waals surface area contributed by atoms with Crippen LogP contribution in [-0.4, -0.2) is 77.3 Å². The number of carbonyl (C=O) groups is 2. The highest BCUT2D eigenvalue weighted by Gasteiger charge is 2.39. The van der Waals surface area contributed by atoms with E-state index in [1.165, 1.54) is 12.1 Å². The van der Waals surface area contributed by atoms with Gasteiger partial charge in [0.1, 0.15) is 29.3 Å². The number of ether oxygens (including phenoxy) is 1. The summed E-state index contributed by atoms with van der Waals surface area (Å²) in [6.45, 7) is 5.39. The van der Waals surface area contributed by atoms with Crippen molar-refractivity contribution in [1.82, 2.24) is 9.80 Å². The van der Waals surface area contributed by atoms with Gasteiger partial charge in [-0.3, -0.25) is 9.59 Å². The highest BCUT2D eigenvalue weighted by molar-refractivity contribution is 6.03. The molecule has 208 valence electrons. The average Bonchev–Trinajstić information content (AvgIpc) is 3.29. The number of rotatable bonds is 8. The standard InChI is InChI=1S/C29H34F2N4O4/c1-29(2,31)17-34-10-8-18(9-11-34)16-39-25-7-6-19(12-20(25)14-32)22-4-3-5-23(30)26(22)28(38)35-15-21(36)13-24(35)27(33)37/h3-7,12,18,21,24,36H,8-11,13,15-17H2,1-2H3,(H2,33,37)/t21-,24+/m1/s1. The summed E-state index contributed by atoms with van der Waals surface area (Å²) in [6.07, 6.45) is 0.776. The molecule has 10 heteroatoms. The molecule has 0 unspecified atom stereocenters. The third-order valence-corrected chi connectivity index (χ3v) is 7.29. The number of likely N-dealkylation sites (tertiary alicyclic amines) is 2. The van der Waals surface area contributed by atoms with E-state index in [2.05, 4.69) is 11.0 Å². The molecule has 2 atom stereocenters. The molecule has 2 amide bonds. The Hall–Kier alpha value is -3.55. The van der Waals surface area contributed by atoms with Crippen LogP contribution in [0.3, 0.4) is 0 Å². The maximum Gasteiger partial charge on any atom is 0.258 e. The van der Waals surface area contributed by atoms with Crippen LogP contribution in [0.2, 0.25) is 0 Å². The second-order valence-corrected chi connectivity index (χ2v) is 11.0. The molecular weight excluding hydrogens is 506 g/mol. The molecule has 0 aliphatic carbocycles. The summed E-state index contributed by atoms with van der Waals surface area (Å²) in [4.78, 5) is 28.4. The minimum absolute atomic E-state index is 0.0116. The summed E-state index contributed by atoms with van der Waals surface area (Å²) < 4.78 is 35.0. The van der Waals surface area contributed by atoms with Crippen molar-refractivity contribution in [3.63, 3.8) is 0 Å². The Bertz CT molecular complexity index is 1260. The summed E-state index contributed by atoms with van der Waals surface area (Å²) in [5.74, 6) is -1.66. The fourth-order valence-electron chi connectivity index (χ4n) is 5.39. The zero-order chi connectivity index (χ0) is 28.3. The van der Waals surface area contributed by atoms with Gasteiger partial charge in [0.05, 0.1) is 23.8 Å². The van der Waals surface area contributed by atoms with Crippen LogP contribution in [0.4, 0.5) is 8.78 Å². The lowest BCUT2D eigenvalue weighted by Gasteiger charge is -2.34. The van der Waals surface area contributed by atoms with Gasteiger partial charge in [-0.05, 0) is 75.0 Å². The highest BCUT2D eigenvalue weighted by Crippen LogP contribution is 2.33. The molecule has 8 nitrogen and oxygen atoms in total. The van der Waals surface area contributed by atoms with Crippen molar-refractivity contribution in [1.29, 1.82) is 5.26 Å². The number of amides is 2. The number of aliphatic hydroxyl groups excluding tert-OH is 1. The van der Waals surface area contributed by atoms with E-state index in [0.29, 0.717) is 24.5 Å². The summed E-state index contributed by atoms with van der Waals surface area (Å²) in [5.41, 5.74) is 4.82. The van der Waals surface area contributed by atoms with Crippen LogP contribution < -0.4 is 10.5 Å². The maximum atomic E-state index is 15.0. The number of benzene rings is 2. The Kier molecular flexibility index (Phi) is 8.52. The van der Waals surface area contributed by atoms with Crippen LogP contribution in [0.1, 0.15) is 49.0 Å². The topological polar surface area (TPSA) is 120 Å². The molecule has 2 fully saturated rings. The van der Waals surface area contributed by atoms with E-state index < -0.39 is 35.4 Å². The molecule has 0 saturated carbocycles. The first-order valence-corrected chi connectivity index (χ1v) is 13.1. The van der Waals surface area contributed by atoms with Gasteiger partial charge in [0.2, 0.25) is 5.91 Å². The fraction of sp³-hybridized carbons (Fsp3) is 0.483. The number of carbonyl (C=O) groups excluding carboxylic acids is 2. The van der Waals surface area contributed by atoms with Crippen molar-refractivity contribution in [3.05, 3.63) is 53.3 Å². The first-order valence-electron chi connectivity index (χ1n) is 13.1. The van der Waals surface area contributed by atoms with E-state index in [0.717, 1.165) is 36.9 Å². The molecule has 2 aliphatic rings. The lowest BCUT2D eigenvalue weighted by Crippen LogP contribution is -2.44. The molecule has 2 aromatic rings. The number of piperidine rings is 1. The van der Waals surface area contributed by atoms with Crippen molar-refractivity contribution in [2.24, 2.45) is 11.7 Å². The Balaban J connectivity index is 1.51. The van der Waals surface area contributed by atoms with E-state index in [-0.39, 0.29) is 35.6 Å². The van der Waals surface area contributed by atoms with Gasteiger partial charge in [0.25, 0.3) is 5.91 Å². The van der Waals surface area contributed by atoms with Crippen LogP contribution in [0.5, 0.6) is 5.75 Å². The number of hydrogen-bond acceptors (Lipinski definition) is 6. The summed E-state index contributed by atoms with van der Waals surface area (Å²) in [6, 6.07) is 10.0. The molecule has 2 saturated heterocycles. The third kappa shape index (κ3) is 6.72. The van der Waals surface area contributed by atoms with Gasteiger partial charge in [0.15, 0.2) is 0 Å². The number of aliphatic hydroxyl groups is 1. The van der Waals surface area contributed by atoms with E-state index in [9.17, 15) is 24.3 Å². The number of nitrogens with two attached hydrogens (primary N) is 1. The lowest BCUT2D eigenvalue weighted by atomic mass is 9.96. The van der Waals surface area contributed by atoms with Gasteiger partial charge in [-0.2, -0.15) is 5.26 Å². The van der Waals surface area contributed by atoms with E-state index in [4.69, 9.17) is 10.5 Å². The number of halogens is 2. The predicted molar refractivity (Wildman–Crippen MR) is 141 cm³/mol. The van der Waals surface area contributed by atoms with Gasteiger partial charge >= 0.3 is 0 Å². The van der Waals surface area contributed by atoms with Gasteiger partial charge in [-0.1, -0.05) is 18.2 Å². The molecule has 39 heavy (non-hydrogen) atoms. The maximum absolute atomic E-state index is 15.0. The Morgan fingerprint density at radius 1 is 1.23 bits per heavy atom. The van der Waals surface area contributed by atoms with Crippen molar-refractivity contribution < 1.29 is 28.2 Å². The van der Waals surface area contributed by atoms with Crippen LogP contribution >= 0.6 is 0 Å². The number of nitrogens with zero attached hydrogens (tertiary/aromatic N) is 3. The molecule has 0 aromatic heterocycles. The minimum Gasteiger partial charge on any atom is -0.492 e. The number of alkyl halides is 1. The minimum atomic E-state index is -1.24. The number of primary amides is 1. The molecule has 2 aromatic carbocycles. The van der Waals surface area contributed by atoms with Crippen molar-refractivity contribution in [2.45, 2.75) is 50.9 Å². The molecule has 3 N–H and O–H groups in total. The van der Waals surface area contributed by atoms with Crippen LogP contribution in [-0.2, 0) is 4.79 Å². The number of nitriles is 1. The smallest absolute Gasteiger partial charge is 0.258 e. The monoisotopic (exact) mass is 540 g/mol. The first kappa shape index (κ1) is 28.5. The van der Waals surface area contributed by atoms with Crippen molar-refractivity contribution in [2.75, 3.05) is 32.8 Å². The van der Waals surface area contributed by atoms with E-state index >= 15 is 4.39 Å². The quantitative estimate of drug-likeness (QED) is 0.531. The molecule has 2 aliphatic heterocycles. The van der Waals surface area contributed by atoms with Gasteiger partial charge < -0.3 is 25.4 Å². The second kappa shape index (κ2) is 11.7. The number of β-amino-alcohol motifs (C(OH)–C–C–N with tert-alkyl or cyclic N) is 1. The SMILES string of the molecule is CC(C)(F)CN1CCC(COc2ccc(-c3cccc(F)c3C(=O)N3C[C@H](O)C[C@H]3C(N)=O)cc2C#N)CC1. The van der Waals surface area contributed by atoms with Gasteiger partial charge in [-0.15, -0.1) is 0 Å². The van der Waals surface area contributed by atoms with Crippen LogP contribution in [0.15, 0.2) is 36.4 Å². The molecule has 0 spiro atoms. The highest BCUT2D eigenvalue weighted by atomic mass is 19.1. The Morgan fingerprint density at radius 2 is 1.95 bits per heavy atom. The largest absolute Gasteiger partial charge is 0.492 e. The fourth-order valence-corrected chi connectivity index (χ4v) is 5.39. The normalized spacial score (nSPS) is 20.6. The average molecular weight is 541 g/mol. The summed E-state index contributed by atoms with van der Waals surface area (Å²) in [5, 5.41) is 19.8. The molecular formula is C29H34F2N4O4. The van der Waals surface area contributed by atoms with Crippen LogP contribution in [0.25, 0.3) is 11.1 Å². The van der Waals surface area contributed by atoms with Crippen LogP contribution in [0, 0.1) is 23.1 Å².